The highest BCUT2D eigenvalue weighted by Crippen LogP contribution is 2.18. The van der Waals surface area contributed by atoms with Crippen molar-refractivity contribution in [2.75, 3.05) is 6.61 Å². The smallest absolute Gasteiger partial charge is 0.119 e. The standard InChI is InChI=1S/C14H22O2/c1-4-10-16-13-7-5-6-12(11-13)8-9-14(2,3)15/h5-7,11,15H,4,8-10H2,1-3H3. The van der Waals surface area contributed by atoms with Gasteiger partial charge in [0.25, 0.3) is 0 Å². The van der Waals surface area contributed by atoms with Crippen molar-refractivity contribution in [2.45, 2.75) is 45.6 Å². The Kier molecular flexibility index (Phi) is 4.81. The molecular formula is C14H22O2. The van der Waals surface area contributed by atoms with Gasteiger partial charge in [0.15, 0.2) is 0 Å². The van der Waals surface area contributed by atoms with Crippen LogP contribution < -0.4 is 4.74 Å². The molecule has 0 aliphatic rings. The Morgan fingerprint density at radius 2 is 2.06 bits per heavy atom. The number of aliphatic hydroxyl groups is 1. The summed E-state index contributed by atoms with van der Waals surface area (Å²) in [4.78, 5) is 0. The van der Waals surface area contributed by atoms with Crippen LogP contribution in [-0.4, -0.2) is 17.3 Å². The summed E-state index contributed by atoms with van der Waals surface area (Å²) in [6.07, 6.45) is 2.67. The van der Waals surface area contributed by atoms with Gasteiger partial charge in [-0.25, -0.2) is 0 Å². The van der Waals surface area contributed by atoms with Crippen LogP contribution in [0.1, 0.15) is 39.2 Å². The van der Waals surface area contributed by atoms with Crippen molar-refractivity contribution in [1.82, 2.24) is 0 Å². The van der Waals surface area contributed by atoms with Crippen molar-refractivity contribution in [3.63, 3.8) is 0 Å². The molecule has 0 bridgehead atoms. The molecular weight excluding hydrogens is 200 g/mol. The summed E-state index contributed by atoms with van der Waals surface area (Å²) in [5.41, 5.74) is 0.621. The molecule has 0 aromatic heterocycles. The van der Waals surface area contributed by atoms with Gasteiger partial charge in [-0.3, -0.25) is 0 Å². The molecule has 0 aliphatic carbocycles. The lowest BCUT2D eigenvalue weighted by Crippen LogP contribution is -2.19. The zero-order valence-electron chi connectivity index (χ0n) is 10.5. The number of benzene rings is 1. The van der Waals surface area contributed by atoms with E-state index in [1.807, 2.05) is 26.0 Å². The third kappa shape index (κ3) is 5.17. The summed E-state index contributed by atoms with van der Waals surface area (Å²) in [6.45, 7) is 6.53. The summed E-state index contributed by atoms with van der Waals surface area (Å²) >= 11 is 0. The second-order valence-electron chi connectivity index (χ2n) is 4.81. The summed E-state index contributed by atoms with van der Waals surface area (Å²) in [5, 5.41) is 9.66. The van der Waals surface area contributed by atoms with E-state index in [1.54, 1.807) is 0 Å². The topological polar surface area (TPSA) is 29.5 Å². The fourth-order valence-electron chi connectivity index (χ4n) is 1.46. The van der Waals surface area contributed by atoms with E-state index in [4.69, 9.17) is 4.74 Å². The van der Waals surface area contributed by atoms with E-state index in [0.29, 0.717) is 0 Å². The van der Waals surface area contributed by atoms with E-state index in [2.05, 4.69) is 19.1 Å². The molecule has 0 radical (unpaired) electrons. The minimum absolute atomic E-state index is 0.597. The van der Waals surface area contributed by atoms with Crippen molar-refractivity contribution in [3.8, 4) is 5.75 Å². The van der Waals surface area contributed by atoms with Crippen LogP contribution in [0.4, 0.5) is 0 Å². The SMILES string of the molecule is CCCOc1cccc(CCC(C)(C)O)c1. The van der Waals surface area contributed by atoms with Gasteiger partial charge in [-0.2, -0.15) is 0 Å². The minimum Gasteiger partial charge on any atom is -0.494 e. The summed E-state index contributed by atoms with van der Waals surface area (Å²) < 4.78 is 5.57. The van der Waals surface area contributed by atoms with Crippen LogP contribution in [0.15, 0.2) is 24.3 Å². The molecule has 0 saturated carbocycles. The third-order valence-electron chi connectivity index (χ3n) is 2.40. The minimum atomic E-state index is -0.597. The Hall–Kier alpha value is -1.02. The fraction of sp³-hybridized carbons (Fsp3) is 0.571. The van der Waals surface area contributed by atoms with Crippen LogP contribution in [0.2, 0.25) is 0 Å². The Balaban J connectivity index is 2.53. The zero-order chi connectivity index (χ0) is 12.0. The molecule has 0 heterocycles. The maximum Gasteiger partial charge on any atom is 0.119 e. The van der Waals surface area contributed by atoms with Crippen molar-refractivity contribution in [3.05, 3.63) is 29.8 Å². The van der Waals surface area contributed by atoms with Gasteiger partial charge < -0.3 is 9.84 Å². The van der Waals surface area contributed by atoms with Crippen molar-refractivity contribution in [1.29, 1.82) is 0 Å². The monoisotopic (exact) mass is 222 g/mol. The third-order valence-corrected chi connectivity index (χ3v) is 2.40. The van der Waals surface area contributed by atoms with E-state index in [0.717, 1.165) is 31.6 Å². The van der Waals surface area contributed by atoms with E-state index in [1.165, 1.54) is 5.56 Å². The molecule has 0 fully saturated rings. The van der Waals surface area contributed by atoms with Crippen LogP contribution in [0.5, 0.6) is 5.75 Å². The van der Waals surface area contributed by atoms with Crippen LogP contribution in [0, 0.1) is 0 Å². The lowest BCUT2D eigenvalue weighted by molar-refractivity contribution is 0.0714. The molecule has 90 valence electrons. The Bertz CT molecular complexity index is 313. The number of hydrogen-bond acceptors (Lipinski definition) is 2. The van der Waals surface area contributed by atoms with Crippen molar-refractivity contribution in [2.24, 2.45) is 0 Å². The summed E-state index contributed by atoms with van der Waals surface area (Å²) in [7, 11) is 0. The molecule has 0 atom stereocenters. The predicted octanol–water partition coefficient (Wildman–Crippen LogP) is 3.18. The number of rotatable bonds is 6. The van der Waals surface area contributed by atoms with Gasteiger partial charge in [-0.05, 0) is 50.8 Å². The van der Waals surface area contributed by atoms with Gasteiger partial charge in [0, 0.05) is 0 Å². The highest BCUT2D eigenvalue weighted by molar-refractivity contribution is 5.28. The van der Waals surface area contributed by atoms with Gasteiger partial charge in [-0.1, -0.05) is 19.1 Å². The number of aryl methyl sites for hydroxylation is 1. The largest absolute Gasteiger partial charge is 0.494 e. The molecule has 0 spiro atoms. The first-order valence-corrected chi connectivity index (χ1v) is 5.95. The second-order valence-corrected chi connectivity index (χ2v) is 4.81. The molecule has 1 rings (SSSR count). The average molecular weight is 222 g/mol. The average Bonchev–Trinajstić information content (AvgIpc) is 2.23. The predicted molar refractivity (Wildman–Crippen MR) is 66.8 cm³/mol. The van der Waals surface area contributed by atoms with Gasteiger partial charge in [0.1, 0.15) is 5.75 Å². The lowest BCUT2D eigenvalue weighted by atomic mass is 9.99. The van der Waals surface area contributed by atoms with Gasteiger partial charge >= 0.3 is 0 Å². The van der Waals surface area contributed by atoms with E-state index >= 15 is 0 Å². The molecule has 0 saturated heterocycles. The van der Waals surface area contributed by atoms with Crippen LogP contribution in [0.3, 0.4) is 0 Å². The first-order chi connectivity index (χ1) is 7.51. The molecule has 1 aromatic carbocycles. The Labute approximate surface area is 98.3 Å². The first-order valence-electron chi connectivity index (χ1n) is 5.95. The van der Waals surface area contributed by atoms with Crippen LogP contribution in [-0.2, 0) is 6.42 Å². The maximum atomic E-state index is 9.66. The quantitative estimate of drug-likeness (QED) is 0.801. The molecule has 2 nitrogen and oxygen atoms in total. The van der Waals surface area contributed by atoms with Crippen molar-refractivity contribution >= 4 is 0 Å². The van der Waals surface area contributed by atoms with Gasteiger partial charge in [0.05, 0.1) is 12.2 Å². The zero-order valence-corrected chi connectivity index (χ0v) is 10.5. The molecule has 2 heteroatoms. The fourth-order valence-corrected chi connectivity index (χ4v) is 1.46. The Morgan fingerprint density at radius 3 is 2.69 bits per heavy atom. The molecule has 1 aromatic rings. The summed E-state index contributed by atoms with van der Waals surface area (Å²) in [6, 6.07) is 8.11. The van der Waals surface area contributed by atoms with Gasteiger partial charge in [0.2, 0.25) is 0 Å². The number of ether oxygens (including phenoxy) is 1. The Morgan fingerprint density at radius 1 is 1.31 bits per heavy atom. The van der Waals surface area contributed by atoms with E-state index in [9.17, 15) is 5.11 Å². The van der Waals surface area contributed by atoms with Crippen LogP contribution in [0.25, 0.3) is 0 Å². The first kappa shape index (κ1) is 13.0. The van der Waals surface area contributed by atoms with E-state index < -0.39 is 5.60 Å². The number of hydrogen-bond donors (Lipinski definition) is 1. The molecule has 1 N–H and O–H groups in total. The lowest BCUT2D eigenvalue weighted by Gasteiger charge is -2.16. The van der Waals surface area contributed by atoms with Crippen molar-refractivity contribution < 1.29 is 9.84 Å². The van der Waals surface area contributed by atoms with E-state index in [-0.39, 0.29) is 0 Å². The van der Waals surface area contributed by atoms with Crippen LogP contribution >= 0.6 is 0 Å². The molecule has 0 unspecified atom stereocenters. The van der Waals surface area contributed by atoms with Gasteiger partial charge in [-0.15, -0.1) is 0 Å². The highest BCUT2D eigenvalue weighted by atomic mass is 16.5. The molecule has 0 amide bonds. The summed E-state index contributed by atoms with van der Waals surface area (Å²) in [5.74, 6) is 0.926. The maximum absolute atomic E-state index is 9.66. The second kappa shape index (κ2) is 5.90. The highest BCUT2D eigenvalue weighted by Gasteiger charge is 2.12. The molecule has 16 heavy (non-hydrogen) atoms. The normalized spacial score (nSPS) is 11.5. The molecule has 0 aliphatic heterocycles.